The lowest BCUT2D eigenvalue weighted by atomic mass is 10.2. The highest BCUT2D eigenvalue weighted by Crippen LogP contribution is 2.21. The number of amides is 1. The zero-order valence-corrected chi connectivity index (χ0v) is 13.5. The number of carbonyl (C=O) groups is 1. The van der Waals surface area contributed by atoms with Crippen molar-refractivity contribution in [2.45, 2.75) is 6.61 Å². The van der Waals surface area contributed by atoms with Crippen LogP contribution in [0, 0.1) is 5.82 Å². The molecule has 24 heavy (non-hydrogen) atoms. The maximum atomic E-state index is 12.9. The summed E-state index contributed by atoms with van der Waals surface area (Å²) in [5.74, 6) is -0.0643. The van der Waals surface area contributed by atoms with Gasteiger partial charge in [-0.25, -0.2) is 4.39 Å². The van der Waals surface area contributed by atoms with Crippen LogP contribution in [0.1, 0.15) is 15.9 Å². The topological polar surface area (TPSA) is 64.3 Å². The molecule has 0 aliphatic heterocycles. The Balaban J connectivity index is 1.66. The number of carbonyl (C=O) groups excluding carboxylic acids is 1. The molecule has 122 valence electrons. The predicted molar refractivity (Wildman–Crippen MR) is 93.9 cm³/mol. The van der Waals surface area contributed by atoms with Crippen molar-refractivity contribution < 1.29 is 13.9 Å². The quantitative estimate of drug-likeness (QED) is 0.726. The molecule has 0 saturated carbocycles. The highest BCUT2D eigenvalue weighted by atomic mass is 32.1. The van der Waals surface area contributed by atoms with E-state index < -0.39 is 0 Å². The molecule has 0 radical (unpaired) electrons. The number of nitrogen functional groups attached to an aromatic ring is 1. The standard InChI is InChI=1S/C18H15FN2O2S/c19-14-4-6-15(7-5-14)21-18(22)12-2-1-3-16(8-12)23-9-13-10-24-11-17(13)20/h1-8,10-11H,9,20H2,(H,21,22). The highest BCUT2D eigenvalue weighted by molar-refractivity contribution is 7.08. The fourth-order valence-corrected chi connectivity index (χ4v) is 2.81. The third-order valence-corrected chi connectivity index (χ3v) is 4.18. The van der Waals surface area contributed by atoms with Crippen molar-refractivity contribution in [3.8, 4) is 5.75 Å². The second-order valence-corrected chi connectivity index (χ2v) is 5.87. The van der Waals surface area contributed by atoms with Gasteiger partial charge in [-0.2, -0.15) is 0 Å². The van der Waals surface area contributed by atoms with E-state index in [0.29, 0.717) is 29.3 Å². The molecular formula is C18H15FN2O2S. The molecule has 0 aliphatic rings. The Morgan fingerprint density at radius 1 is 1.17 bits per heavy atom. The number of anilines is 2. The smallest absolute Gasteiger partial charge is 0.255 e. The number of halogens is 1. The van der Waals surface area contributed by atoms with Crippen molar-refractivity contribution in [2.75, 3.05) is 11.1 Å². The number of thiophene rings is 1. The third kappa shape index (κ3) is 3.91. The molecule has 3 N–H and O–H groups in total. The van der Waals surface area contributed by atoms with Gasteiger partial charge in [0.05, 0.1) is 0 Å². The molecular weight excluding hydrogens is 327 g/mol. The van der Waals surface area contributed by atoms with Crippen molar-refractivity contribution >= 4 is 28.6 Å². The van der Waals surface area contributed by atoms with E-state index in [0.717, 1.165) is 5.56 Å². The lowest BCUT2D eigenvalue weighted by Gasteiger charge is -2.09. The summed E-state index contributed by atoms with van der Waals surface area (Å²) in [5.41, 5.74) is 8.42. The number of hydrogen-bond donors (Lipinski definition) is 2. The van der Waals surface area contributed by atoms with Crippen LogP contribution in [-0.2, 0) is 6.61 Å². The largest absolute Gasteiger partial charge is 0.489 e. The normalized spacial score (nSPS) is 10.4. The lowest BCUT2D eigenvalue weighted by molar-refractivity contribution is 0.102. The fourth-order valence-electron chi connectivity index (χ4n) is 2.08. The number of rotatable bonds is 5. The highest BCUT2D eigenvalue weighted by Gasteiger charge is 2.08. The summed E-state index contributed by atoms with van der Waals surface area (Å²) in [6.07, 6.45) is 0. The summed E-state index contributed by atoms with van der Waals surface area (Å²) in [5, 5.41) is 6.50. The molecule has 3 aromatic rings. The maximum Gasteiger partial charge on any atom is 0.255 e. The van der Waals surface area contributed by atoms with E-state index in [2.05, 4.69) is 5.32 Å². The SMILES string of the molecule is Nc1cscc1COc1cccc(C(=O)Nc2ccc(F)cc2)c1. The molecule has 1 aromatic heterocycles. The van der Waals surface area contributed by atoms with Crippen LogP contribution in [-0.4, -0.2) is 5.91 Å². The first-order chi connectivity index (χ1) is 11.6. The van der Waals surface area contributed by atoms with E-state index in [1.165, 1.54) is 35.6 Å². The Morgan fingerprint density at radius 3 is 2.67 bits per heavy atom. The van der Waals surface area contributed by atoms with Crippen LogP contribution < -0.4 is 15.8 Å². The van der Waals surface area contributed by atoms with Crippen molar-refractivity contribution in [1.29, 1.82) is 0 Å². The van der Waals surface area contributed by atoms with Crippen LogP contribution in [0.3, 0.4) is 0 Å². The Morgan fingerprint density at radius 2 is 1.96 bits per heavy atom. The molecule has 0 bridgehead atoms. The van der Waals surface area contributed by atoms with Crippen LogP contribution in [0.5, 0.6) is 5.75 Å². The van der Waals surface area contributed by atoms with Gasteiger partial charge in [0.2, 0.25) is 0 Å². The van der Waals surface area contributed by atoms with Gasteiger partial charge in [0.1, 0.15) is 18.2 Å². The second kappa shape index (κ2) is 7.14. The summed E-state index contributed by atoms with van der Waals surface area (Å²) >= 11 is 1.52. The molecule has 4 nitrogen and oxygen atoms in total. The minimum Gasteiger partial charge on any atom is -0.489 e. The maximum absolute atomic E-state index is 12.9. The van der Waals surface area contributed by atoms with Crippen molar-refractivity contribution in [3.63, 3.8) is 0 Å². The molecule has 6 heteroatoms. The van der Waals surface area contributed by atoms with E-state index in [1.54, 1.807) is 24.3 Å². The molecule has 0 fully saturated rings. The average molecular weight is 342 g/mol. The van der Waals surface area contributed by atoms with Gasteiger partial charge in [0.15, 0.2) is 0 Å². The molecule has 2 aromatic carbocycles. The van der Waals surface area contributed by atoms with E-state index in [4.69, 9.17) is 10.5 Å². The molecule has 3 rings (SSSR count). The van der Waals surface area contributed by atoms with Gasteiger partial charge in [0, 0.05) is 27.9 Å². The number of ether oxygens (including phenoxy) is 1. The van der Waals surface area contributed by atoms with Crippen LogP contribution in [0.15, 0.2) is 59.3 Å². The summed E-state index contributed by atoms with van der Waals surface area (Å²) in [7, 11) is 0. The van der Waals surface area contributed by atoms with E-state index in [1.807, 2.05) is 10.8 Å². The first-order valence-corrected chi connectivity index (χ1v) is 8.16. The Hall–Kier alpha value is -2.86. The molecule has 0 atom stereocenters. The van der Waals surface area contributed by atoms with Crippen molar-refractivity contribution in [1.82, 2.24) is 0 Å². The Kier molecular flexibility index (Phi) is 4.77. The van der Waals surface area contributed by atoms with E-state index in [-0.39, 0.29) is 11.7 Å². The molecule has 0 spiro atoms. The minimum absolute atomic E-state index is 0.290. The lowest BCUT2D eigenvalue weighted by Crippen LogP contribution is -2.12. The third-order valence-electron chi connectivity index (χ3n) is 3.37. The first kappa shape index (κ1) is 16.0. The molecule has 1 amide bonds. The zero-order valence-electron chi connectivity index (χ0n) is 12.7. The van der Waals surface area contributed by atoms with Gasteiger partial charge in [-0.3, -0.25) is 4.79 Å². The number of nitrogens with one attached hydrogen (secondary N) is 1. The monoisotopic (exact) mass is 342 g/mol. The minimum atomic E-state index is -0.351. The number of hydrogen-bond acceptors (Lipinski definition) is 4. The Labute approximate surface area is 142 Å². The molecule has 1 heterocycles. The van der Waals surface area contributed by atoms with Crippen LogP contribution in [0.25, 0.3) is 0 Å². The number of nitrogens with two attached hydrogens (primary N) is 1. The van der Waals surface area contributed by atoms with E-state index in [9.17, 15) is 9.18 Å². The van der Waals surface area contributed by atoms with Gasteiger partial charge in [-0.15, -0.1) is 11.3 Å². The Bertz CT molecular complexity index is 846. The van der Waals surface area contributed by atoms with Gasteiger partial charge in [0.25, 0.3) is 5.91 Å². The van der Waals surface area contributed by atoms with Crippen LogP contribution in [0.4, 0.5) is 15.8 Å². The summed E-state index contributed by atoms with van der Waals surface area (Å²) in [6, 6.07) is 12.5. The molecule has 0 unspecified atom stereocenters. The van der Waals surface area contributed by atoms with Crippen molar-refractivity contribution in [3.05, 3.63) is 76.2 Å². The second-order valence-electron chi connectivity index (χ2n) is 5.13. The van der Waals surface area contributed by atoms with Gasteiger partial charge in [-0.05, 0) is 47.8 Å². The van der Waals surface area contributed by atoms with Crippen LogP contribution >= 0.6 is 11.3 Å². The van der Waals surface area contributed by atoms with E-state index >= 15 is 0 Å². The number of benzene rings is 2. The van der Waals surface area contributed by atoms with Crippen molar-refractivity contribution in [2.24, 2.45) is 0 Å². The van der Waals surface area contributed by atoms with Crippen LogP contribution in [0.2, 0.25) is 0 Å². The zero-order chi connectivity index (χ0) is 16.9. The average Bonchev–Trinajstić information content (AvgIpc) is 3.00. The molecule has 0 aliphatic carbocycles. The summed E-state index contributed by atoms with van der Waals surface area (Å²) in [4.78, 5) is 12.3. The summed E-state index contributed by atoms with van der Waals surface area (Å²) in [6.45, 7) is 0.346. The summed E-state index contributed by atoms with van der Waals surface area (Å²) < 4.78 is 18.6. The van der Waals surface area contributed by atoms with Gasteiger partial charge < -0.3 is 15.8 Å². The first-order valence-electron chi connectivity index (χ1n) is 7.22. The molecule has 0 saturated heterocycles. The predicted octanol–water partition coefficient (Wildman–Crippen LogP) is 4.30. The van der Waals surface area contributed by atoms with Gasteiger partial charge in [-0.1, -0.05) is 6.07 Å². The fraction of sp³-hybridized carbons (Fsp3) is 0.0556. The van der Waals surface area contributed by atoms with Gasteiger partial charge >= 0.3 is 0 Å².